The second-order valence-electron chi connectivity index (χ2n) is 0. The smallest absolute Gasteiger partial charge is 1.00 e. The van der Waals surface area contributed by atoms with Crippen molar-refractivity contribution in [3.05, 3.63) is 0 Å². The molecule has 0 aliphatic rings. The first-order valence-corrected chi connectivity index (χ1v) is 0. The number of rotatable bonds is 0. The largest absolute Gasteiger partial charge is 2.00 e. The van der Waals surface area contributed by atoms with Gasteiger partial charge in [0.2, 0.25) is 0 Å². The van der Waals surface area contributed by atoms with Crippen molar-refractivity contribution in [1.82, 2.24) is 0 Å². The maximum atomic E-state index is 0. The van der Waals surface area contributed by atoms with Crippen molar-refractivity contribution in [3.8, 4) is 0 Å². The van der Waals surface area contributed by atoms with Gasteiger partial charge in [-0.1, -0.05) is 0 Å². The van der Waals surface area contributed by atoms with Crippen LogP contribution in [0.15, 0.2) is 0 Å². The molecule has 0 aromatic heterocycles. The van der Waals surface area contributed by atoms with Crippen molar-refractivity contribution >= 4 is 0 Å². The van der Waals surface area contributed by atoms with Crippen molar-refractivity contribution in [2.45, 2.75) is 0 Å². The zero-order valence-electron chi connectivity index (χ0n) is 1.73. The molecule has 2 nitrogen and oxygen atoms in total. The molecule has 0 amide bonds. The molecular weight excluding hydrogens is 169 g/mol. The Morgan fingerprint density at radius 2 is 0.750 bits per heavy atom. The van der Waals surface area contributed by atoms with E-state index in [0.717, 1.165) is 0 Å². The van der Waals surface area contributed by atoms with Gasteiger partial charge in [-0.3, -0.25) is 0 Å². The Kier molecular flexibility index (Phi) is 1130. The Bertz CT molecular complexity index is 6.00. The molecule has 4 N–H and O–H groups in total. The zero-order chi connectivity index (χ0) is 0. The van der Waals surface area contributed by atoms with Gasteiger partial charge in [-0.25, -0.2) is 0 Å². The van der Waals surface area contributed by atoms with Crippen LogP contribution in [-0.4, -0.2) is 11.0 Å². The summed E-state index contributed by atoms with van der Waals surface area (Å²) >= 11 is 0. The van der Waals surface area contributed by atoms with Crippen LogP contribution < -0.4 is 12.4 Å². The van der Waals surface area contributed by atoms with Gasteiger partial charge in [0.1, 0.15) is 0 Å². The van der Waals surface area contributed by atoms with E-state index in [1.165, 1.54) is 0 Å². The molecule has 0 fully saturated rings. The van der Waals surface area contributed by atoms with Gasteiger partial charge in [-0.05, 0) is 0 Å². The minimum Gasteiger partial charge on any atom is -1.00 e. The summed E-state index contributed by atoms with van der Waals surface area (Å²) in [5.74, 6) is 0. The van der Waals surface area contributed by atoms with Gasteiger partial charge in [0.05, 0.1) is 0 Å². The van der Waals surface area contributed by atoms with Gasteiger partial charge < -0.3 is 23.4 Å². The molecule has 0 atom stereocenters. The molecule has 4 heavy (non-hydrogen) atoms. The minimum atomic E-state index is 0. The topological polar surface area (TPSA) is 63.0 Å². The molecule has 30 valence electrons. The van der Waals surface area contributed by atoms with Crippen LogP contribution in [0.5, 0.6) is 0 Å². The summed E-state index contributed by atoms with van der Waals surface area (Å²) in [7, 11) is 0. The maximum Gasteiger partial charge on any atom is 2.00 e. The SMILES string of the molecule is O.O.[Cl-].[Ru+2]. The number of hydrogen-bond acceptors (Lipinski definition) is 0. The fraction of sp³-hybridized carbons (Fsp3) is 0. The molecule has 0 saturated carbocycles. The molecular formula is H4ClO2Ru+. The maximum absolute atomic E-state index is 0. The molecule has 0 unspecified atom stereocenters. The fourth-order valence-corrected chi connectivity index (χ4v) is 0. The first-order chi connectivity index (χ1) is 0. The predicted molar refractivity (Wildman–Crippen MR) is 7.23 cm³/mol. The Labute approximate surface area is 43.4 Å². The fourth-order valence-electron chi connectivity index (χ4n) is 0. The van der Waals surface area contributed by atoms with Crippen LogP contribution >= 0.6 is 0 Å². The van der Waals surface area contributed by atoms with E-state index >= 15 is 0 Å². The van der Waals surface area contributed by atoms with E-state index in [1.54, 1.807) is 0 Å². The predicted octanol–water partition coefficient (Wildman–Crippen LogP) is -4.65. The molecule has 0 aliphatic carbocycles. The second kappa shape index (κ2) is 44.3. The van der Waals surface area contributed by atoms with Crippen molar-refractivity contribution < 1.29 is 42.8 Å². The van der Waals surface area contributed by atoms with E-state index < -0.39 is 0 Å². The Morgan fingerprint density at radius 1 is 0.750 bits per heavy atom. The van der Waals surface area contributed by atoms with E-state index in [2.05, 4.69) is 0 Å². The molecule has 4 heteroatoms. The number of hydrogen-bond donors (Lipinski definition) is 0. The summed E-state index contributed by atoms with van der Waals surface area (Å²) in [5, 5.41) is 0. The quantitative estimate of drug-likeness (QED) is 0.330. The standard InChI is InChI=1S/ClH.2H2O.Ru/h1H;2*1H2;/q;;;+2/p-1. The molecule has 0 saturated heterocycles. The van der Waals surface area contributed by atoms with Crippen LogP contribution in [0.3, 0.4) is 0 Å². The zero-order valence-corrected chi connectivity index (χ0v) is 4.23. The third-order valence-corrected chi connectivity index (χ3v) is 0. The molecule has 0 rings (SSSR count). The van der Waals surface area contributed by atoms with Crippen LogP contribution in [0.4, 0.5) is 0 Å². The second-order valence-corrected chi connectivity index (χ2v) is 0. The van der Waals surface area contributed by atoms with Gasteiger partial charge in [0.15, 0.2) is 0 Å². The Morgan fingerprint density at radius 3 is 0.750 bits per heavy atom. The Hall–Kier alpha value is 0.833. The molecule has 0 aromatic rings. The van der Waals surface area contributed by atoms with E-state index in [1.807, 2.05) is 0 Å². The minimum absolute atomic E-state index is 0. The van der Waals surface area contributed by atoms with Crippen LogP contribution in [0, 0.1) is 0 Å². The summed E-state index contributed by atoms with van der Waals surface area (Å²) in [6.07, 6.45) is 0. The molecule has 0 radical (unpaired) electrons. The molecule has 0 aromatic carbocycles. The van der Waals surface area contributed by atoms with Crippen LogP contribution in [-0.2, 0) is 19.5 Å². The monoisotopic (exact) mass is 173 g/mol. The average molecular weight is 173 g/mol. The molecule has 0 bridgehead atoms. The molecule has 0 heterocycles. The van der Waals surface area contributed by atoms with Gasteiger partial charge >= 0.3 is 19.5 Å². The summed E-state index contributed by atoms with van der Waals surface area (Å²) in [6.45, 7) is 0. The summed E-state index contributed by atoms with van der Waals surface area (Å²) in [4.78, 5) is 0. The van der Waals surface area contributed by atoms with Gasteiger partial charge in [0, 0.05) is 0 Å². The van der Waals surface area contributed by atoms with Crippen molar-refractivity contribution in [1.29, 1.82) is 0 Å². The summed E-state index contributed by atoms with van der Waals surface area (Å²) in [6, 6.07) is 0. The average Bonchev–Trinajstić information content (AvgIpc) is 0. The van der Waals surface area contributed by atoms with Gasteiger partial charge in [0.25, 0.3) is 0 Å². The first-order valence-electron chi connectivity index (χ1n) is 0. The normalized spacial score (nSPS) is 0. The van der Waals surface area contributed by atoms with E-state index in [-0.39, 0.29) is 42.8 Å². The summed E-state index contributed by atoms with van der Waals surface area (Å²) < 4.78 is 0. The Balaban J connectivity index is 0. The molecule has 0 aliphatic heterocycles. The van der Waals surface area contributed by atoms with Crippen molar-refractivity contribution in [2.24, 2.45) is 0 Å². The van der Waals surface area contributed by atoms with Crippen molar-refractivity contribution in [2.75, 3.05) is 0 Å². The number of halogens is 1. The van der Waals surface area contributed by atoms with Crippen LogP contribution in [0.1, 0.15) is 0 Å². The summed E-state index contributed by atoms with van der Waals surface area (Å²) in [5.41, 5.74) is 0. The van der Waals surface area contributed by atoms with Crippen LogP contribution in [0.2, 0.25) is 0 Å². The molecule has 0 spiro atoms. The van der Waals surface area contributed by atoms with Gasteiger partial charge in [-0.2, -0.15) is 0 Å². The van der Waals surface area contributed by atoms with Crippen LogP contribution in [0.25, 0.3) is 0 Å². The van der Waals surface area contributed by atoms with Gasteiger partial charge in [-0.15, -0.1) is 0 Å². The van der Waals surface area contributed by atoms with E-state index in [4.69, 9.17) is 0 Å². The third kappa shape index (κ3) is 13.7. The third-order valence-electron chi connectivity index (χ3n) is 0. The van der Waals surface area contributed by atoms with Crippen molar-refractivity contribution in [3.63, 3.8) is 0 Å². The first kappa shape index (κ1) is 102. The van der Waals surface area contributed by atoms with E-state index in [0.29, 0.717) is 0 Å². The van der Waals surface area contributed by atoms with E-state index in [9.17, 15) is 0 Å².